The van der Waals surface area contributed by atoms with Gasteiger partial charge in [-0.2, -0.15) is 5.26 Å². The minimum atomic E-state index is 0.370. The molecule has 1 aromatic heterocycles. The Morgan fingerprint density at radius 1 is 1.62 bits per heavy atom. The van der Waals surface area contributed by atoms with Gasteiger partial charge in [-0.05, 0) is 41.4 Å². The molecular weight excluding hydrogens is 268 g/mol. The number of pyridine rings is 1. The van der Waals surface area contributed by atoms with Gasteiger partial charge in [-0.25, -0.2) is 4.98 Å². The van der Waals surface area contributed by atoms with Crippen LogP contribution in [0.1, 0.15) is 18.4 Å². The van der Waals surface area contributed by atoms with Crippen LogP contribution in [0.3, 0.4) is 0 Å². The molecule has 1 fully saturated rings. The molecule has 16 heavy (non-hydrogen) atoms. The van der Waals surface area contributed by atoms with E-state index in [1.54, 1.807) is 12.3 Å². The zero-order valence-corrected chi connectivity index (χ0v) is 10.4. The summed E-state index contributed by atoms with van der Waals surface area (Å²) in [5.74, 6) is 0.680. The molecule has 2 N–H and O–H groups in total. The van der Waals surface area contributed by atoms with Crippen LogP contribution in [0.2, 0.25) is 0 Å². The predicted molar refractivity (Wildman–Crippen MR) is 66.2 cm³/mol. The molecule has 0 spiro atoms. The summed E-state index contributed by atoms with van der Waals surface area (Å²) in [6, 6.07) is 4.30. The molecule has 1 aliphatic rings. The molecule has 0 bridgehead atoms. The molecule has 4 nitrogen and oxygen atoms in total. The Balaban J connectivity index is 2.11. The van der Waals surface area contributed by atoms with Gasteiger partial charge in [0.2, 0.25) is 0 Å². The maximum Gasteiger partial charge on any atom is 0.144 e. The number of anilines is 1. The lowest BCUT2D eigenvalue weighted by atomic mass is 10.1. The topological polar surface area (TPSA) is 60.7 Å². The molecule has 1 atom stereocenters. The highest BCUT2D eigenvalue weighted by molar-refractivity contribution is 9.10. The average molecular weight is 281 g/mol. The molecule has 0 aromatic carbocycles. The summed E-state index contributed by atoms with van der Waals surface area (Å²) in [6.45, 7) is 2.01. The first-order chi connectivity index (χ1) is 7.79. The van der Waals surface area contributed by atoms with Gasteiger partial charge in [0.05, 0.1) is 5.56 Å². The van der Waals surface area contributed by atoms with E-state index in [2.05, 4.69) is 37.6 Å². The number of hydrogen-bond donors (Lipinski definition) is 2. The van der Waals surface area contributed by atoms with Crippen LogP contribution in [0.5, 0.6) is 0 Å². The number of hydrogen-bond acceptors (Lipinski definition) is 4. The quantitative estimate of drug-likeness (QED) is 0.869. The fourth-order valence-electron chi connectivity index (χ4n) is 1.81. The van der Waals surface area contributed by atoms with Gasteiger partial charge in [0.25, 0.3) is 0 Å². The second-order valence-corrected chi connectivity index (χ2v) is 4.76. The lowest BCUT2D eigenvalue weighted by Gasteiger charge is -2.24. The van der Waals surface area contributed by atoms with Crippen molar-refractivity contribution in [1.82, 2.24) is 10.3 Å². The van der Waals surface area contributed by atoms with Crippen molar-refractivity contribution in [3.05, 3.63) is 22.3 Å². The van der Waals surface area contributed by atoms with Crippen molar-refractivity contribution < 1.29 is 0 Å². The van der Waals surface area contributed by atoms with Gasteiger partial charge in [0.1, 0.15) is 11.9 Å². The van der Waals surface area contributed by atoms with Gasteiger partial charge in [-0.15, -0.1) is 0 Å². The van der Waals surface area contributed by atoms with Crippen molar-refractivity contribution in [2.24, 2.45) is 0 Å². The first-order valence-corrected chi connectivity index (χ1v) is 6.12. The van der Waals surface area contributed by atoms with E-state index in [0.717, 1.165) is 30.4 Å². The standard InChI is InChI=1S/C11H13BrN4/c12-9-4-8(5-13)11(15-6-9)16-10-2-1-3-14-7-10/h4,6,10,14H,1-3,7H2,(H,15,16)/t10-/m0/s1. The number of halogens is 1. The number of piperidine rings is 1. The van der Waals surface area contributed by atoms with Crippen LogP contribution in [0, 0.1) is 11.3 Å². The predicted octanol–water partition coefficient (Wildman–Crippen LogP) is 1.88. The molecule has 1 aromatic rings. The maximum atomic E-state index is 9.01. The van der Waals surface area contributed by atoms with Gasteiger partial charge >= 0.3 is 0 Å². The van der Waals surface area contributed by atoms with Crippen LogP contribution in [0.15, 0.2) is 16.7 Å². The van der Waals surface area contributed by atoms with Gasteiger partial charge in [0, 0.05) is 23.3 Å². The van der Waals surface area contributed by atoms with E-state index >= 15 is 0 Å². The summed E-state index contributed by atoms with van der Waals surface area (Å²) >= 11 is 3.31. The van der Waals surface area contributed by atoms with E-state index < -0.39 is 0 Å². The third kappa shape index (κ3) is 2.71. The van der Waals surface area contributed by atoms with Crippen LogP contribution in [0.25, 0.3) is 0 Å². The molecule has 0 unspecified atom stereocenters. The van der Waals surface area contributed by atoms with Crippen molar-refractivity contribution in [3.8, 4) is 6.07 Å². The normalized spacial score (nSPS) is 20.1. The Morgan fingerprint density at radius 3 is 3.19 bits per heavy atom. The van der Waals surface area contributed by atoms with E-state index in [9.17, 15) is 0 Å². The number of nitrogens with zero attached hydrogens (tertiary/aromatic N) is 2. The molecule has 0 saturated carbocycles. The molecule has 0 aliphatic carbocycles. The number of nitrogens with one attached hydrogen (secondary N) is 2. The first kappa shape index (κ1) is 11.4. The third-order valence-electron chi connectivity index (χ3n) is 2.61. The molecule has 1 aliphatic heterocycles. The Bertz CT molecular complexity index is 407. The van der Waals surface area contributed by atoms with E-state index in [4.69, 9.17) is 5.26 Å². The minimum absolute atomic E-state index is 0.370. The molecule has 0 amide bonds. The fraction of sp³-hybridized carbons (Fsp3) is 0.455. The summed E-state index contributed by atoms with van der Waals surface area (Å²) < 4.78 is 0.830. The van der Waals surface area contributed by atoms with Crippen molar-refractivity contribution in [3.63, 3.8) is 0 Å². The Labute approximate surface area is 103 Å². The Morgan fingerprint density at radius 2 is 2.50 bits per heavy atom. The maximum absolute atomic E-state index is 9.01. The van der Waals surface area contributed by atoms with Crippen molar-refractivity contribution in [2.45, 2.75) is 18.9 Å². The second kappa shape index (κ2) is 5.28. The molecule has 84 valence electrons. The molecule has 0 radical (unpaired) electrons. The second-order valence-electron chi connectivity index (χ2n) is 3.85. The van der Waals surface area contributed by atoms with Gasteiger partial charge in [-0.1, -0.05) is 0 Å². The summed E-state index contributed by atoms with van der Waals surface area (Å²) in [4.78, 5) is 4.23. The highest BCUT2D eigenvalue weighted by atomic mass is 79.9. The lowest BCUT2D eigenvalue weighted by Crippen LogP contribution is -2.38. The van der Waals surface area contributed by atoms with Gasteiger partial charge in [0.15, 0.2) is 0 Å². The van der Waals surface area contributed by atoms with Crippen LogP contribution in [-0.2, 0) is 0 Å². The Kier molecular flexibility index (Phi) is 3.75. The zero-order chi connectivity index (χ0) is 11.4. The van der Waals surface area contributed by atoms with Gasteiger partial charge < -0.3 is 10.6 Å². The van der Waals surface area contributed by atoms with Crippen molar-refractivity contribution in [1.29, 1.82) is 5.26 Å². The summed E-state index contributed by atoms with van der Waals surface area (Å²) in [6.07, 6.45) is 3.99. The molecule has 5 heteroatoms. The average Bonchev–Trinajstić information content (AvgIpc) is 2.33. The summed E-state index contributed by atoms with van der Waals surface area (Å²) in [5.41, 5.74) is 0.583. The van der Waals surface area contributed by atoms with Crippen molar-refractivity contribution >= 4 is 21.7 Å². The van der Waals surface area contributed by atoms with Crippen LogP contribution in [-0.4, -0.2) is 24.1 Å². The van der Waals surface area contributed by atoms with Crippen LogP contribution < -0.4 is 10.6 Å². The number of rotatable bonds is 2. The number of nitriles is 1. The number of aromatic nitrogens is 1. The van der Waals surface area contributed by atoms with E-state index in [1.165, 1.54) is 0 Å². The minimum Gasteiger partial charge on any atom is -0.365 e. The highest BCUT2D eigenvalue weighted by Gasteiger charge is 2.14. The zero-order valence-electron chi connectivity index (χ0n) is 8.83. The van der Waals surface area contributed by atoms with Gasteiger partial charge in [-0.3, -0.25) is 0 Å². The molecule has 1 saturated heterocycles. The smallest absolute Gasteiger partial charge is 0.144 e. The third-order valence-corrected chi connectivity index (χ3v) is 3.05. The van der Waals surface area contributed by atoms with Crippen LogP contribution in [0.4, 0.5) is 5.82 Å². The monoisotopic (exact) mass is 280 g/mol. The lowest BCUT2D eigenvalue weighted by molar-refractivity contribution is 0.479. The fourth-order valence-corrected chi connectivity index (χ4v) is 2.14. The van der Waals surface area contributed by atoms with Crippen molar-refractivity contribution in [2.75, 3.05) is 18.4 Å². The largest absolute Gasteiger partial charge is 0.365 e. The molecule has 2 rings (SSSR count). The molecule has 2 heterocycles. The van der Waals surface area contributed by atoms with E-state index in [-0.39, 0.29) is 0 Å². The van der Waals surface area contributed by atoms with E-state index in [0.29, 0.717) is 17.4 Å². The highest BCUT2D eigenvalue weighted by Crippen LogP contribution is 2.18. The molecular formula is C11H13BrN4. The first-order valence-electron chi connectivity index (χ1n) is 5.32. The van der Waals surface area contributed by atoms with E-state index in [1.807, 2.05) is 0 Å². The SMILES string of the molecule is N#Cc1cc(Br)cnc1N[C@H]1CCCNC1. The Hall–Kier alpha value is -1.12. The van der Waals surface area contributed by atoms with Crippen LogP contribution >= 0.6 is 15.9 Å². The summed E-state index contributed by atoms with van der Waals surface area (Å²) in [7, 11) is 0. The summed E-state index contributed by atoms with van der Waals surface area (Å²) in [5, 5.41) is 15.6.